The second kappa shape index (κ2) is 6.67. The second-order valence-electron chi connectivity index (χ2n) is 6.67. The van der Waals surface area contributed by atoms with Crippen molar-refractivity contribution >= 4 is 31.0 Å². The molecule has 0 fully saturated rings. The molecule has 0 aliphatic carbocycles. The summed E-state index contributed by atoms with van der Waals surface area (Å²) in [6.45, 7) is 7.83. The fourth-order valence-corrected chi connectivity index (χ4v) is 2.81. The van der Waals surface area contributed by atoms with E-state index in [2.05, 4.69) is 24.6 Å². The Bertz CT molecular complexity index is 712. The van der Waals surface area contributed by atoms with E-state index < -0.39 is 20.0 Å². The zero-order chi connectivity index (χ0) is 17.2. The van der Waals surface area contributed by atoms with Gasteiger partial charge in [-0.1, -0.05) is 19.6 Å². The van der Waals surface area contributed by atoms with Crippen LogP contribution in [0.3, 0.4) is 0 Å². The number of amides is 1. The molecule has 6 nitrogen and oxygen atoms in total. The van der Waals surface area contributed by atoms with Crippen molar-refractivity contribution in [1.29, 1.82) is 0 Å². The lowest BCUT2D eigenvalue weighted by Crippen LogP contribution is -2.25. The SMILES string of the molecule is CN(C(=O)O)c1nc2ccn(COCC[Si](C)(C)C)c2cc1F. The van der Waals surface area contributed by atoms with Crippen molar-refractivity contribution in [3.05, 3.63) is 24.1 Å². The number of fused-ring (bicyclic) bond motifs is 1. The zero-order valence-corrected chi connectivity index (χ0v) is 14.8. The van der Waals surface area contributed by atoms with Gasteiger partial charge in [-0.3, -0.25) is 4.90 Å². The van der Waals surface area contributed by atoms with Gasteiger partial charge >= 0.3 is 6.09 Å². The van der Waals surface area contributed by atoms with Crippen LogP contribution in [0.2, 0.25) is 25.7 Å². The van der Waals surface area contributed by atoms with Gasteiger partial charge in [-0.25, -0.2) is 14.2 Å². The molecule has 126 valence electrons. The molecule has 1 amide bonds. The highest BCUT2D eigenvalue weighted by molar-refractivity contribution is 6.76. The van der Waals surface area contributed by atoms with E-state index in [0.29, 0.717) is 24.4 Å². The fourth-order valence-electron chi connectivity index (χ4n) is 2.06. The van der Waals surface area contributed by atoms with Crippen molar-refractivity contribution in [3.63, 3.8) is 0 Å². The Morgan fingerprint density at radius 2 is 2.17 bits per heavy atom. The van der Waals surface area contributed by atoms with Gasteiger partial charge in [0.15, 0.2) is 11.6 Å². The molecule has 0 radical (unpaired) electrons. The number of rotatable bonds is 6. The molecule has 8 heteroatoms. The Morgan fingerprint density at radius 3 is 2.78 bits per heavy atom. The van der Waals surface area contributed by atoms with Crippen LogP contribution in [0.25, 0.3) is 11.0 Å². The van der Waals surface area contributed by atoms with Crippen molar-refractivity contribution in [1.82, 2.24) is 9.55 Å². The van der Waals surface area contributed by atoms with Crippen molar-refractivity contribution in [2.75, 3.05) is 18.6 Å². The van der Waals surface area contributed by atoms with Crippen LogP contribution in [0, 0.1) is 5.82 Å². The Balaban J connectivity index is 2.15. The molecule has 2 aromatic heterocycles. The average Bonchev–Trinajstić information content (AvgIpc) is 2.83. The van der Waals surface area contributed by atoms with Crippen LogP contribution in [-0.4, -0.2) is 42.5 Å². The van der Waals surface area contributed by atoms with Crippen molar-refractivity contribution in [3.8, 4) is 0 Å². The molecule has 0 atom stereocenters. The minimum absolute atomic E-state index is 0.206. The monoisotopic (exact) mass is 339 g/mol. The van der Waals surface area contributed by atoms with Crippen molar-refractivity contribution in [2.24, 2.45) is 0 Å². The number of hydrogen-bond acceptors (Lipinski definition) is 3. The Morgan fingerprint density at radius 1 is 1.48 bits per heavy atom. The second-order valence-corrected chi connectivity index (χ2v) is 12.3. The van der Waals surface area contributed by atoms with Gasteiger partial charge in [0.2, 0.25) is 0 Å². The lowest BCUT2D eigenvalue weighted by molar-refractivity contribution is 0.0902. The van der Waals surface area contributed by atoms with Crippen LogP contribution in [-0.2, 0) is 11.5 Å². The highest BCUT2D eigenvalue weighted by Crippen LogP contribution is 2.23. The molecular formula is C15H22FN3O3Si. The number of halogens is 1. The molecule has 0 spiro atoms. The quantitative estimate of drug-likeness (QED) is 0.645. The number of ether oxygens (including phenoxy) is 1. The van der Waals surface area contributed by atoms with Crippen LogP contribution in [0.4, 0.5) is 15.0 Å². The maximum absolute atomic E-state index is 14.1. The molecule has 0 aliphatic rings. The topological polar surface area (TPSA) is 67.6 Å². The van der Waals surface area contributed by atoms with Crippen LogP contribution in [0.5, 0.6) is 0 Å². The van der Waals surface area contributed by atoms with Crippen molar-refractivity contribution in [2.45, 2.75) is 32.4 Å². The lowest BCUT2D eigenvalue weighted by Gasteiger charge is -2.16. The third-order valence-electron chi connectivity index (χ3n) is 3.52. The first-order valence-electron chi connectivity index (χ1n) is 7.39. The first kappa shape index (κ1) is 17.4. The van der Waals surface area contributed by atoms with E-state index in [9.17, 15) is 9.18 Å². The molecule has 0 bridgehead atoms. The molecule has 23 heavy (non-hydrogen) atoms. The van der Waals surface area contributed by atoms with E-state index in [1.807, 2.05) is 0 Å². The first-order valence-corrected chi connectivity index (χ1v) is 11.1. The summed E-state index contributed by atoms with van der Waals surface area (Å²) >= 11 is 0. The summed E-state index contributed by atoms with van der Waals surface area (Å²) in [5.74, 6) is -0.883. The largest absolute Gasteiger partial charge is 0.465 e. The van der Waals surface area contributed by atoms with Crippen LogP contribution in [0.1, 0.15) is 0 Å². The lowest BCUT2D eigenvalue weighted by atomic mass is 10.3. The van der Waals surface area contributed by atoms with Gasteiger partial charge in [0, 0.05) is 34.0 Å². The normalized spacial score (nSPS) is 11.9. The van der Waals surface area contributed by atoms with Gasteiger partial charge in [0.25, 0.3) is 0 Å². The van der Waals surface area contributed by atoms with Gasteiger partial charge < -0.3 is 14.4 Å². The summed E-state index contributed by atoms with van der Waals surface area (Å²) < 4.78 is 21.5. The van der Waals surface area contributed by atoms with E-state index in [1.165, 1.54) is 13.1 Å². The van der Waals surface area contributed by atoms with E-state index >= 15 is 0 Å². The number of anilines is 1. The van der Waals surface area contributed by atoms with E-state index in [0.717, 1.165) is 10.9 Å². The zero-order valence-electron chi connectivity index (χ0n) is 13.8. The first-order chi connectivity index (χ1) is 10.7. The summed E-state index contributed by atoms with van der Waals surface area (Å²) in [5.41, 5.74) is 1.11. The summed E-state index contributed by atoms with van der Waals surface area (Å²) in [4.78, 5) is 15.8. The molecule has 0 saturated heterocycles. The molecular weight excluding hydrogens is 317 g/mol. The number of hydrogen-bond donors (Lipinski definition) is 1. The highest BCUT2D eigenvalue weighted by atomic mass is 28.3. The average molecular weight is 339 g/mol. The summed E-state index contributed by atoms with van der Waals surface area (Å²) in [7, 11) is 0.120. The molecule has 2 aromatic rings. The summed E-state index contributed by atoms with van der Waals surface area (Å²) in [6, 6.07) is 4.07. The predicted octanol–water partition coefficient (Wildman–Crippen LogP) is 3.60. The maximum Gasteiger partial charge on any atom is 0.412 e. The number of carboxylic acid groups (broad SMARTS) is 1. The molecule has 0 aliphatic heterocycles. The fraction of sp³-hybridized carbons (Fsp3) is 0.467. The maximum atomic E-state index is 14.1. The molecule has 2 heterocycles. The van der Waals surface area contributed by atoms with Crippen LogP contribution >= 0.6 is 0 Å². The molecule has 0 aromatic carbocycles. The van der Waals surface area contributed by atoms with Crippen LogP contribution in [0.15, 0.2) is 18.3 Å². The minimum atomic E-state index is -1.26. The Hall–Kier alpha value is -1.93. The predicted molar refractivity (Wildman–Crippen MR) is 90.2 cm³/mol. The highest BCUT2D eigenvalue weighted by Gasteiger charge is 2.18. The molecule has 2 rings (SSSR count). The Labute approximate surface area is 135 Å². The number of nitrogens with zero attached hydrogens (tertiary/aromatic N) is 3. The van der Waals surface area contributed by atoms with E-state index in [-0.39, 0.29) is 5.82 Å². The summed E-state index contributed by atoms with van der Waals surface area (Å²) in [6.07, 6.45) is 0.501. The van der Waals surface area contributed by atoms with Gasteiger partial charge in [0.05, 0.1) is 11.0 Å². The molecule has 1 N–H and O–H groups in total. The number of carbonyl (C=O) groups is 1. The third kappa shape index (κ3) is 4.29. The standard InChI is InChI=1S/C15H22FN3O3Si/c1-18(15(20)21)14-11(16)9-13-12(17-14)5-6-19(13)10-22-7-8-23(2,3)4/h5-6,9H,7-8,10H2,1-4H3,(H,20,21). The van der Waals surface area contributed by atoms with Crippen molar-refractivity contribution < 1.29 is 19.0 Å². The number of aromatic nitrogens is 2. The van der Waals surface area contributed by atoms with E-state index in [1.54, 1.807) is 16.8 Å². The third-order valence-corrected chi connectivity index (χ3v) is 5.22. The number of pyridine rings is 1. The smallest absolute Gasteiger partial charge is 0.412 e. The molecule has 0 saturated carbocycles. The van der Waals surface area contributed by atoms with Gasteiger partial charge in [0.1, 0.15) is 6.73 Å². The van der Waals surface area contributed by atoms with E-state index in [4.69, 9.17) is 9.84 Å². The minimum Gasteiger partial charge on any atom is -0.465 e. The Kier molecular flexibility index (Phi) is 5.05. The summed E-state index contributed by atoms with van der Waals surface area (Å²) in [5, 5.41) is 8.94. The van der Waals surface area contributed by atoms with Gasteiger partial charge in [-0.15, -0.1) is 0 Å². The van der Waals surface area contributed by atoms with Crippen LogP contribution < -0.4 is 4.90 Å². The van der Waals surface area contributed by atoms with Gasteiger partial charge in [-0.2, -0.15) is 0 Å². The molecule has 0 unspecified atom stereocenters. The van der Waals surface area contributed by atoms with Gasteiger partial charge in [-0.05, 0) is 12.1 Å².